The highest BCUT2D eigenvalue weighted by atomic mass is 19.1. The van der Waals surface area contributed by atoms with E-state index in [-0.39, 0.29) is 36.1 Å². The number of carbonyl (C=O) groups excluding carboxylic acids is 2. The predicted octanol–water partition coefficient (Wildman–Crippen LogP) is 2.36. The van der Waals surface area contributed by atoms with Gasteiger partial charge >= 0.3 is 0 Å². The lowest BCUT2D eigenvalue weighted by Crippen LogP contribution is -2.53. The summed E-state index contributed by atoms with van der Waals surface area (Å²) in [6, 6.07) is 10.4. The molecular formula is C25H24F2N4O4. The molecule has 2 N–H and O–H groups in total. The van der Waals surface area contributed by atoms with Gasteiger partial charge in [0.15, 0.2) is 0 Å². The Morgan fingerprint density at radius 3 is 2.06 bits per heavy atom. The molecule has 2 aromatic carbocycles. The van der Waals surface area contributed by atoms with E-state index in [4.69, 9.17) is 0 Å². The maximum Gasteiger partial charge on any atom is 0.270 e. The average molecular weight is 482 g/mol. The van der Waals surface area contributed by atoms with Crippen LogP contribution in [0.2, 0.25) is 0 Å². The van der Waals surface area contributed by atoms with Crippen LogP contribution in [0.1, 0.15) is 39.3 Å². The van der Waals surface area contributed by atoms with Gasteiger partial charge in [-0.1, -0.05) is 24.3 Å². The van der Waals surface area contributed by atoms with Crippen molar-refractivity contribution < 1.29 is 23.5 Å². The Hall–Kier alpha value is -3.76. The summed E-state index contributed by atoms with van der Waals surface area (Å²) in [5, 5.41) is 11.3. The number of H-pyrrole nitrogens is 1. The van der Waals surface area contributed by atoms with Crippen molar-refractivity contribution in [2.45, 2.75) is 25.0 Å². The van der Waals surface area contributed by atoms with Crippen molar-refractivity contribution in [2.75, 3.05) is 19.6 Å². The largest absolute Gasteiger partial charge is 0.388 e. The zero-order chi connectivity index (χ0) is 25.0. The number of aromatic nitrogens is 2. The minimum absolute atomic E-state index is 0.170. The van der Waals surface area contributed by atoms with Crippen molar-refractivity contribution >= 4 is 11.8 Å². The molecule has 0 aliphatic carbocycles. The fourth-order valence-corrected chi connectivity index (χ4v) is 4.08. The number of imide groups is 1. The van der Waals surface area contributed by atoms with E-state index in [0.717, 1.165) is 12.1 Å². The van der Waals surface area contributed by atoms with Crippen molar-refractivity contribution in [1.82, 2.24) is 19.8 Å². The summed E-state index contributed by atoms with van der Waals surface area (Å²) >= 11 is 0. The Kier molecular flexibility index (Phi) is 7.13. The first-order valence-electron chi connectivity index (χ1n) is 11.1. The lowest BCUT2D eigenvalue weighted by molar-refractivity contribution is -0.0393. The molecule has 8 nitrogen and oxygen atoms in total. The van der Waals surface area contributed by atoms with Gasteiger partial charge in [-0.05, 0) is 37.1 Å². The summed E-state index contributed by atoms with van der Waals surface area (Å²) in [5.41, 5.74) is -2.15. The molecule has 10 heteroatoms. The predicted molar refractivity (Wildman–Crippen MR) is 122 cm³/mol. The third kappa shape index (κ3) is 5.50. The van der Waals surface area contributed by atoms with Crippen molar-refractivity contribution in [3.8, 4) is 0 Å². The number of hydrogen-bond donors (Lipinski definition) is 2. The molecule has 0 saturated carbocycles. The van der Waals surface area contributed by atoms with E-state index in [1.165, 1.54) is 48.8 Å². The van der Waals surface area contributed by atoms with E-state index in [1.807, 2.05) is 4.90 Å². The van der Waals surface area contributed by atoms with E-state index in [1.54, 1.807) is 0 Å². The number of benzene rings is 2. The van der Waals surface area contributed by atoms with Gasteiger partial charge in [-0.3, -0.25) is 29.2 Å². The smallest absolute Gasteiger partial charge is 0.270 e. The maximum absolute atomic E-state index is 14.4. The van der Waals surface area contributed by atoms with E-state index < -0.39 is 35.6 Å². The molecular weight excluding hydrogens is 458 g/mol. The normalized spacial score (nSPS) is 15.5. The Bertz CT molecular complexity index is 1230. The Balaban J connectivity index is 1.55. The summed E-state index contributed by atoms with van der Waals surface area (Å²) < 4.78 is 28.7. The van der Waals surface area contributed by atoms with Crippen LogP contribution in [0.5, 0.6) is 0 Å². The zero-order valence-corrected chi connectivity index (χ0v) is 18.8. The van der Waals surface area contributed by atoms with Gasteiger partial charge in [0.1, 0.15) is 17.3 Å². The number of hydrogen-bond acceptors (Lipinski definition) is 6. The Morgan fingerprint density at radius 2 is 1.54 bits per heavy atom. The number of nitrogens with zero attached hydrogens (tertiary/aromatic N) is 3. The molecule has 1 saturated heterocycles. The van der Waals surface area contributed by atoms with Gasteiger partial charge in [-0.25, -0.2) is 8.78 Å². The van der Waals surface area contributed by atoms with Crippen LogP contribution in [0.15, 0.2) is 65.7 Å². The SMILES string of the molecule is O=C(c1ccccc1F)N(CC1(O)CCN(Cc2ncc[nH]c2=O)CC1)C(=O)c1ccccc1F. The summed E-state index contributed by atoms with van der Waals surface area (Å²) in [6.45, 7) is 0.563. The number of rotatable bonds is 6. The molecule has 2 amide bonds. The summed E-state index contributed by atoms with van der Waals surface area (Å²) in [4.78, 5) is 47.6. The number of likely N-dealkylation sites (tertiary alicyclic amines) is 1. The van der Waals surface area contributed by atoms with E-state index in [9.17, 15) is 28.3 Å². The molecule has 1 fully saturated rings. The minimum Gasteiger partial charge on any atom is -0.388 e. The van der Waals surface area contributed by atoms with Crippen LogP contribution in [-0.4, -0.2) is 61.9 Å². The van der Waals surface area contributed by atoms with E-state index in [0.29, 0.717) is 23.7 Å². The number of nitrogens with one attached hydrogen (secondary N) is 1. The number of aliphatic hydroxyl groups is 1. The highest BCUT2D eigenvalue weighted by Gasteiger charge is 2.39. The van der Waals surface area contributed by atoms with E-state index in [2.05, 4.69) is 9.97 Å². The van der Waals surface area contributed by atoms with Crippen molar-refractivity contribution in [1.29, 1.82) is 0 Å². The summed E-state index contributed by atoms with van der Waals surface area (Å²) in [5.74, 6) is -3.59. The quantitative estimate of drug-likeness (QED) is 0.523. The van der Waals surface area contributed by atoms with Crippen LogP contribution in [0, 0.1) is 11.6 Å². The molecule has 0 atom stereocenters. The molecule has 1 aliphatic heterocycles. The van der Waals surface area contributed by atoms with Gasteiger partial charge in [-0.15, -0.1) is 0 Å². The molecule has 1 aromatic heterocycles. The lowest BCUT2D eigenvalue weighted by Gasteiger charge is -2.40. The molecule has 0 radical (unpaired) electrons. The average Bonchev–Trinajstić information content (AvgIpc) is 2.85. The van der Waals surface area contributed by atoms with Gasteiger partial charge in [0.25, 0.3) is 17.4 Å². The third-order valence-corrected chi connectivity index (χ3v) is 6.09. The van der Waals surface area contributed by atoms with Gasteiger partial charge in [0, 0.05) is 32.0 Å². The van der Waals surface area contributed by atoms with E-state index >= 15 is 0 Å². The second kappa shape index (κ2) is 10.2. The first kappa shape index (κ1) is 24.4. The molecule has 3 aromatic rings. The molecule has 0 unspecified atom stereocenters. The first-order chi connectivity index (χ1) is 16.8. The zero-order valence-electron chi connectivity index (χ0n) is 18.8. The lowest BCUT2D eigenvalue weighted by atomic mass is 9.90. The fraction of sp³-hybridized carbons (Fsp3) is 0.280. The number of piperidine rings is 1. The highest BCUT2D eigenvalue weighted by Crippen LogP contribution is 2.26. The molecule has 182 valence electrons. The second-order valence-corrected chi connectivity index (χ2v) is 8.52. The number of aromatic amines is 1. The molecule has 0 spiro atoms. The van der Waals surface area contributed by atoms with Crippen LogP contribution < -0.4 is 5.56 Å². The maximum atomic E-state index is 14.4. The Labute approximate surface area is 199 Å². The van der Waals surface area contributed by atoms with Gasteiger partial charge in [0.2, 0.25) is 0 Å². The monoisotopic (exact) mass is 482 g/mol. The minimum atomic E-state index is -1.48. The van der Waals surface area contributed by atoms with Crippen LogP contribution >= 0.6 is 0 Å². The molecule has 1 aliphatic rings. The van der Waals surface area contributed by atoms with Crippen molar-refractivity contribution in [3.05, 3.63) is 99.7 Å². The van der Waals surface area contributed by atoms with Crippen LogP contribution in [0.25, 0.3) is 0 Å². The number of amides is 2. The molecule has 4 rings (SSSR count). The standard InChI is InChI=1S/C25H24F2N4O4/c26-19-7-3-1-5-17(19)23(33)31(24(34)18-6-2-4-8-20(18)27)16-25(35)9-13-30(14-10-25)15-21-22(32)29-12-11-28-21/h1-8,11-12,35H,9-10,13-16H2,(H,29,32). The summed E-state index contributed by atoms with van der Waals surface area (Å²) in [7, 11) is 0. The van der Waals surface area contributed by atoms with Gasteiger partial charge < -0.3 is 10.1 Å². The van der Waals surface area contributed by atoms with Crippen molar-refractivity contribution in [2.24, 2.45) is 0 Å². The second-order valence-electron chi connectivity index (χ2n) is 8.52. The number of halogens is 2. The van der Waals surface area contributed by atoms with Crippen LogP contribution in [-0.2, 0) is 6.54 Å². The van der Waals surface area contributed by atoms with Gasteiger partial charge in [-0.2, -0.15) is 0 Å². The molecule has 35 heavy (non-hydrogen) atoms. The van der Waals surface area contributed by atoms with Crippen molar-refractivity contribution in [3.63, 3.8) is 0 Å². The highest BCUT2D eigenvalue weighted by molar-refractivity contribution is 6.10. The first-order valence-corrected chi connectivity index (χ1v) is 11.1. The topological polar surface area (TPSA) is 107 Å². The van der Waals surface area contributed by atoms with Crippen LogP contribution in [0.4, 0.5) is 8.78 Å². The van der Waals surface area contributed by atoms with Gasteiger partial charge in [0.05, 0.1) is 23.3 Å². The molecule has 0 bridgehead atoms. The van der Waals surface area contributed by atoms with Crippen LogP contribution in [0.3, 0.4) is 0 Å². The number of carbonyl (C=O) groups is 2. The molecule has 2 heterocycles. The summed E-state index contributed by atoms with van der Waals surface area (Å²) in [6.07, 6.45) is 3.26. The fourth-order valence-electron chi connectivity index (χ4n) is 4.08. The third-order valence-electron chi connectivity index (χ3n) is 6.09. The Morgan fingerprint density at radius 1 is 1.00 bits per heavy atom.